The van der Waals surface area contributed by atoms with Crippen LogP contribution in [0.15, 0.2) is 0 Å². The highest BCUT2D eigenvalue weighted by Gasteiger charge is 2.60. The van der Waals surface area contributed by atoms with E-state index < -0.39 is 34.9 Å². The van der Waals surface area contributed by atoms with Crippen LogP contribution >= 0.6 is 0 Å². The highest BCUT2D eigenvalue weighted by molar-refractivity contribution is 5.81. The van der Waals surface area contributed by atoms with Crippen molar-refractivity contribution in [3.05, 3.63) is 0 Å². The normalized spacial score (nSPS) is 32.6. The van der Waals surface area contributed by atoms with Gasteiger partial charge < -0.3 is 19.8 Å². The molecule has 0 N–H and O–H groups in total. The summed E-state index contributed by atoms with van der Waals surface area (Å²) in [6, 6.07) is 0. The van der Waals surface area contributed by atoms with Crippen LogP contribution in [0.2, 0.25) is 0 Å². The van der Waals surface area contributed by atoms with E-state index in [0.29, 0.717) is 5.06 Å². The third kappa shape index (κ3) is 1.49. The van der Waals surface area contributed by atoms with Gasteiger partial charge in [-0.1, -0.05) is 0 Å². The van der Waals surface area contributed by atoms with Crippen LogP contribution in [0, 0.1) is 11.8 Å². The summed E-state index contributed by atoms with van der Waals surface area (Å²) in [5.41, 5.74) is -2.65. The predicted molar refractivity (Wildman–Crippen MR) is 47.7 cm³/mol. The molecular weight excluding hydrogens is 214 g/mol. The topological polar surface area (TPSA) is 103 Å². The van der Waals surface area contributed by atoms with Gasteiger partial charge in [-0.2, -0.15) is 0 Å². The first-order valence-corrected chi connectivity index (χ1v) is 4.93. The molecule has 1 aliphatic heterocycles. The molecule has 0 aromatic carbocycles. The fraction of sp³-hybridized carbons (Fsp3) is 0.800. The molecule has 1 saturated heterocycles. The second kappa shape index (κ2) is 3.43. The molecule has 0 bridgehead atoms. The minimum Gasteiger partial charge on any atom is -0.550 e. The van der Waals surface area contributed by atoms with E-state index in [1.807, 2.05) is 0 Å². The second-order valence-electron chi connectivity index (χ2n) is 5.20. The van der Waals surface area contributed by atoms with E-state index in [4.69, 9.17) is 0 Å². The minimum absolute atomic E-state index is 0.515. The van der Waals surface area contributed by atoms with Crippen LogP contribution < -0.4 is 10.2 Å². The number of carbonyl (C=O) groups is 2. The van der Waals surface area contributed by atoms with Gasteiger partial charge in [-0.15, -0.1) is 10.3 Å². The van der Waals surface area contributed by atoms with Crippen molar-refractivity contribution in [3.63, 3.8) is 0 Å². The number of hydrogen-bond acceptors (Lipinski definition) is 5. The zero-order valence-corrected chi connectivity index (χ0v) is 9.64. The van der Waals surface area contributed by atoms with Gasteiger partial charge >= 0.3 is 0 Å². The third-order valence-electron chi connectivity index (χ3n) is 3.41. The predicted octanol–water partition coefficient (Wildman–Crippen LogP) is -2.06. The summed E-state index contributed by atoms with van der Waals surface area (Å²) >= 11 is 0. The summed E-state index contributed by atoms with van der Waals surface area (Å²) in [7, 11) is 0. The average Bonchev–Trinajstić information content (AvgIpc) is 2.23. The number of nitrogens with zero attached hydrogens (tertiary/aromatic N) is 1. The molecule has 2 unspecified atom stereocenters. The fourth-order valence-corrected chi connectivity index (χ4v) is 2.66. The lowest BCUT2D eigenvalue weighted by Crippen LogP contribution is -2.50. The second-order valence-corrected chi connectivity index (χ2v) is 5.20. The highest BCUT2D eigenvalue weighted by atomic mass is 16.5. The Morgan fingerprint density at radius 1 is 0.938 bits per heavy atom. The lowest BCUT2D eigenvalue weighted by Gasteiger charge is -2.33. The van der Waals surface area contributed by atoms with Crippen molar-refractivity contribution in [1.29, 1.82) is 0 Å². The van der Waals surface area contributed by atoms with Gasteiger partial charge in [-0.25, -0.2) is 0 Å². The van der Waals surface area contributed by atoms with Gasteiger partial charge in [0, 0.05) is 23.8 Å². The van der Waals surface area contributed by atoms with E-state index in [1.54, 1.807) is 0 Å². The highest BCUT2D eigenvalue weighted by Crippen LogP contribution is 2.47. The Hall–Kier alpha value is -1.14. The maximum atomic E-state index is 11.9. The summed E-state index contributed by atoms with van der Waals surface area (Å²) in [6.07, 6.45) is 0. The van der Waals surface area contributed by atoms with Gasteiger partial charge in [-0.3, -0.25) is 0 Å². The fourth-order valence-electron chi connectivity index (χ4n) is 2.66. The van der Waals surface area contributed by atoms with E-state index in [2.05, 4.69) is 0 Å². The molecule has 1 aliphatic rings. The Labute approximate surface area is 93.4 Å². The molecule has 1 fully saturated rings. The van der Waals surface area contributed by atoms with Gasteiger partial charge in [0.25, 0.3) is 0 Å². The van der Waals surface area contributed by atoms with Crippen LogP contribution in [0.1, 0.15) is 27.7 Å². The lowest BCUT2D eigenvalue weighted by atomic mass is 9.77. The van der Waals surface area contributed by atoms with E-state index in [0.717, 1.165) is 0 Å². The number of aliphatic carboxylic acids is 2. The molecule has 0 aliphatic carbocycles. The molecule has 0 amide bonds. The van der Waals surface area contributed by atoms with Gasteiger partial charge in [-0.05, 0) is 27.7 Å². The van der Waals surface area contributed by atoms with Crippen LogP contribution in [0.4, 0.5) is 0 Å². The van der Waals surface area contributed by atoms with Crippen LogP contribution in [0.25, 0.3) is 0 Å². The number of rotatable bonds is 2. The van der Waals surface area contributed by atoms with Gasteiger partial charge in [0.2, 0.25) is 0 Å². The molecule has 1 heterocycles. The van der Waals surface area contributed by atoms with Crippen molar-refractivity contribution in [1.82, 2.24) is 5.06 Å². The van der Waals surface area contributed by atoms with Crippen LogP contribution in [-0.2, 0) is 14.8 Å². The van der Waals surface area contributed by atoms with Crippen molar-refractivity contribution >= 4 is 11.9 Å². The van der Waals surface area contributed by atoms with Gasteiger partial charge in [0.1, 0.15) is 0 Å². The SMILES string of the molecule is CC1(C)C(C(=O)[O-])C(C(=O)[O-])C(C)(C)N1[O]. The molecule has 1 rings (SSSR count). The minimum atomic E-state index is -1.54. The Morgan fingerprint density at radius 2 is 1.19 bits per heavy atom. The van der Waals surface area contributed by atoms with E-state index in [-0.39, 0.29) is 0 Å². The molecular formula is C10H14NO5-2. The van der Waals surface area contributed by atoms with Crippen molar-refractivity contribution in [3.8, 4) is 0 Å². The molecule has 0 aromatic rings. The largest absolute Gasteiger partial charge is 0.550 e. The maximum absolute atomic E-state index is 11.9. The Bertz CT molecular complexity index is 304. The molecule has 91 valence electrons. The van der Waals surface area contributed by atoms with E-state index >= 15 is 0 Å². The lowest BCUT2D eigenvalue weighted by molar-refractivity contribution is -0.327. The van der Waals surface area contributed by atoms with Crippen molar-refractivity contribution in [2.75, 3.05) is 0 Å². The van der Waals surface area contributed by atoms with Crippen molar-refractivity contribution in [2.45, 2.75) is 38.8 Å². The average molecular weight is 228 g/mol. The first kappa shape index (κ1) is 12.9. The first-order chi connectivity index (χ1) is 7.04. The molecule has 0 spiro atoms. The number of carbonyl (C=O) groups excluding carboxylic acids is 2. The summed E-state index contributed by atoms with van der Waals surface area (Å²) in [5, 5.41) is 34.4. The summed E-state index contributed by atoms with van der Waals surface area (Å²) in [6.45, 7) is 5.58. The quantitative estimate of drug-likeness (QED) is 0.540. The number of carboxylic acid groups (broad SMARTS) is 2. The van der Waals surface area contributed by atoms with Crippen LogP contribution in [-0.4, -0.2) is 28.1 Å². The Kier molecular flexibility index (Phi) is 2.77. The maximum Gasteiger partial charge on any atom is 0.0531 e. The Morgan fingerprint density at radius 3 is 1.38 bits per heavy atom. The molecule has 6 nitrogen and oxygen atoms in total. The monoisotopic (exact) mass is 228 g/mol. The standard InChI is InChI=1S/C10H16NO5/c1-9(2)5(7(12)13)6(8(14)15)10(3,4)11(9)16/h5-6H,1-4H3,(H,12,13)(H,14,15)/p-2. The smallest absolute Gasteiger partial charge is 0.0531 e. The number of carboxylic acids is 2. The van der Waals surface area contributed by atoms with E-state index in [1.165, 1.54) is 27.7 Å². The molecule has 0 aromatic heterocycles. The van der Waals surface area contributed by atoms with Gasteiger partial charge in [0.05, 0.1) is 11.1 Å². The summed E-state index contributed by atoms with van der Waals surface area (Å²) in [5.74, 6) is -5.84. The van der Waals surface area contributed by atoms with Crippen molar-refractivity contribution in [2.24, 2.45) is 11.8 Å². The molecule has 6 heteroatoms. The number of hydroxylamine groups is 2. The summed E-state index contributed by atoms with van der Waals surface area (Å²) in [4.78, 5) is 22.0. The number of hydrogen-bond donors (Lipinski definition) is 0. The van der Waals surface area contributed by atoms with Crippen LogP contribution in [0.3, 0.4) is 0 Å². The van der Waals surface area contributed by atoms with E-state index in [9.17, 15) is 25.0 Å². The zero-order valence-electron chi connectivity index (χ0n) is 9.64. The molecule has 1 radical (unpaired) electrons. The Balaban J connectivity index is 3.34. The van der Waals surface area contributed by atoms with Crippen LogP contribution in [0.5, 0.6) is 0 Å². The molecule has 0 saturated carbocycles. The van der Waals surface area contributed by atoms with Gasteiger partial charge in [0.15, 0.2) is 0 Å². The third-order valence-corrected chi connectivity index (χ3v) is 3.41. The summed E-state index contributed by atoms with van der Waals surface area (Å²) < 4.78 is 0. The zero-order chi connectivity index (χ0) is 12.9. The molecule has 16 heavy (non-hydrogen) atoms. The first-order valence-electron chi connectivity index (χ1n) is 4.93. The molecule has 2 atom stereocenters. The van der Waals surface area contributed by atoms with Crippen molar-refractivity contribution < 1.29 is 25.0 Å².